The van der Waals surface area contributed by atoms with Crippen LogP contribution in [0.15, 0.2) is 36.4 Å². The molecule has 0 spiro atoms. The molecule has 104 valence electrons. The highest BCUT2D eigenvalue weighted by atomic mass is 35.5. The molecule has 0 saturated heterocycles. The van der Waals surface area contributed by atoms with E-state index in [4.69, 9.17) is 16.3 Å². The van der Waals surface area contributed by atoms with Crippen molar-refractivity contribution in [3.8, 4) is 5.75 Å². The van der Waals surface area contributed by atoms with Crippen molar-refractivity contribution in [2.45, 2.75) is 20.5 Å². The van der Waals surface area contributed by atoms with E-state index in [1.165, 1.54) is 0 Å². The predicted octanol–water partition coefficient (Wildman–Crippen LogP) is 2.22. The summed E-state index contributed by atoms with van der Waals surface area (Å²) >= 11 is 6.11. The van der Waals surface area contributed by atoms with E-state index in [1.54, 1.807) is 12.1 Å². The van der Waals surface area contributed by atoms with Crippen LogP contribution in [0.4, 0.5) is 0 Å². The molecule has 20 heavy (non-hydrogen) atoms. The largest absolute Gasteiger partial charge is 0.489 e. The standard InChI is InChI=1S/C15H16BClO3/c1-10-7-13(8-11(2)15(10)17)20-9-12-5-3-4-6-14(12)16(18)19/h3-8,18-19H,9H2,1-2H3. The molecule has 0 radical (unpaired) electrons. The summed E-state index contributed by atoms with van der Waals surface area (Å²) in [5.74, 6) is 0.714. The van der Waals surface area contributed by atoms with Crippen molar-refractivity contribution in [2.24, 2.45) is 0 Å². The van der Waals surface area contributed by atoms with Crippen molar-refractivity contribution in [3.63, 3.8) is 0 Å². The van der Waals surface area contributed by atoms with E-state index in [9.17, 15) is 10.0 Å². The maximum atomic E-state index is 9.31. The molecule has 0 aromatic heterocycles. The van der Waals surface area contributed by atoms with E-state index in [0.29, 0.717) is 11.2 Å². The number of hydrogen-bond donors (Lipinski definition) is 2. The zero-order valence-corrected chi connectivity index (χ0v) is 12.2. The molecule has 3 nitrogen and oxygen atoms in total. The Hall–Kier alpha value is -1.49. The summed E-state index contributed by atoms with van der Waals surface area (Å²) in [5.41, 5.74) is 3.11. The van der Waals surface area contributed by atoms with Gasteiger partial charge in [-0.15, -0.1) is 0 Å². The van der Waals surface area contributed by atoms with E-state index in [-0.39, 0.29) is 6.61 Å². The van der Waals surface area contributed by atoms with Crippen LogP contribution in [-0.2, 0) is 6.61 Å². The molecular formula is C15H16BClO3. The normalized spacial score (nSPS) is 10.4. The smallest absolute Gasteiger partial charge is 0.488 e. The minimum Gasteiger partial charge on any atom is -0.489 e. The minimum absolute atomic E-state index is 0.272. The molecule has 0 aliphatic heterocycles. The van der Waals surface area contributed by atoms with Crippen molar-refractivity contribution < 1.29 is 14.8 Å². The molecule has 0 aliphatic carbocycles. The van der Waals surface area contributed by atoms with E-state index >= 15 is 0 Å². The van der Waals surface area contributed by atoms with E-state index in [2.05, 4.69) is 0 Å². The molecule has 2 rings (SSSR count). The third kappa shape index (κ3) is 3.34. The van der Waals surface area contributed by atoms with Gasteiger partial charge in [0.05, 0.1) is 0 Å². The quantitative estimate of drug-likeness (QED) is 0.849. The lowest BCUT2D eigenvalue weighted by Gasteiger charge is -2.12. The topological polar surface area (TPSA) is 49.7 Å². The van der Waals surface area contributed by atoms with Crippen LogP contribution in [0.1, 0.15) is 16.7 Å². The van der Waals surface area contributed by atoms with Gasteiger partial charge in [-0.3, -0.25) is 0 Å². The van der Waals surface area contributed by atoms with Gasteiger partial charge in [0, 0.05) is 5.02 Å². The summed E-state index contributed by atoms with van der Waals surface area (Å²) in [6.07, 6.45) is 0. The fourth-order valence-electron chi connectivity index (χ4n) is 2.07. The first-order valence-electron chi connectivity index (χ1n) is 6.32. The Morgan fingerprint density at radius 3 is 2.30 bits per heavy atom. The number of ether oxygens (including phenoxy) is 1. The van der Waals surface area contributed by atoms with Gasteiger partial charge in [0.2, 0.25) is 0 Å². The van der Waals surface area contributed by atoms with Crippen LogP contribution in [0, 0.1) is 13.8 Å². The van der Waals surface area contributed by atoms with Crippen LogP contribution in [0.5, 0.6) is 5.75 Å². The van der Waals surface area contributed by atoms with Gasteiger partial charge in [-0.1, -0.05) is 35.9 Å². The van der Waals surface area contributed by atoms with Crippen LogP contribution >= 0.6 is 11.6 Å². The Bertz CT molecular complexity index is 591. The third-order valence-corrected chi connectivity index (χ3v) is 3.73. The first-order chi connectivity index (χ1) is 9.49. The van der Waals surface area contributed by atoms with Crippen molar-refractivity contribution >= 4 is 24.2 Å². The SMILES string of the molecule is Cc1cc(OCc2ccccc2B(O)O)cc(C)c1Cl. The fraction of sp³-hybridized carbons (Fsp3) is 0.200. The summed E-state index contributed by atoms with van der Waals surface area (Å²) in [4.78, 5) is 0. The van der Waals surface area contributed by atoms with Gasteiger partial charge in [0.15, 0.2) is 0 Å². The zero-order chi connectivity index (χ0) is 14.7. The Morgan fingerprint density at radius 1 is 1.10 bits per heavy atom. The van der Waals surface area contributed by atoms with Crippen LogP contribution in [0.25, 0.3) is 0 Å². The maximum absolute atomic E-state index is 9.31. The molecular weight excluding hydrogens is 274 g/mol. The Kier molecular flexibility index (Phi) is 4.71. The molecule has 0 bridgehead atoms. The van der Waals surface area contributed by atoms with Gasteiger partial charge < -0.3 is 14.8 Å². The van der Waals surface area contributed by atoms with Crippen LogP contribution < -0.4 is 10.2 Å². The van der Waals surface area contributed by atoms with Crippen LogP contribution in [-0.4, -0.2) is 17.2 Å². The first kappa shape index (κ1) is 14.9. The van der Waals surface area contributed by atoms with Gasteiger partial charge >= 0.3 is 7.12 Å². The lowest BCUT2D eigenvalue weighted by atomic mass is 9.77. The summed E-state index contributed by atoms with van der Waals surface area (Å²) in [7, 11) is -1.50. The average Bonchev–Trinajstić information content (AvgIpc) is 2.42. The monoisotopic (exact) mass is 290 g/mol. The van der Waals surface area contributed by atoms with Crippen molar-refractivity contribution in [1.29, 1.82) is 0 Å². The molecule has 0 amide bonds. The van der Waals surface area contributed by atoms with Crippen LogP contribution in [0.2, 0.25) is 5.02 Å². The number of rotatable bonds is 4. The Morgan fingerprint density at radius 2 is 1.70 bits per heavy atom. The molecule has 0 saturated carbocycles. The molecule has 2 aromatic carbocycles. The predicted molar refractivity (Wildman–Crippen MR) is 81.5 cm³/mol. The lowest BCUT2D eigenvalue weighted by molar-refractivity contribution is 0.306. The second-order valence-corrected chi connectivity index (χ2v) is 5.11. The summed E-state index contributed by atoms with van der Waals surface area (Å²) in [6, 6.07) is 10.8. The van der Waals surface area contributed by atoms with Gasteiger partial charge in [0.25, 0.3) is 0 Å². The Labute approximate surface area is 123 Å². The molecule has 0 heterocycles. The molecule has 2 aromatic rings. The molecule has 0 atom stereocenters. The average molecular weight is 291 g/mol. The highest BCUT2D eigenvalue weighted by molar-refractivity contribution is 6.59. The number of hydrogen-bond acceptors (Lipinski definition) is 3. The van der Waals surface area contributed by atoms with E-state index in [1.807, 2.05) is 38.1 Å². The number of benzene rings is 2. The summed E-state index contributed by atoms with van der Waals surface area (Å²) in [5, 5.41) is 19.4. The molecule has 0 aliphatic rings. The van der Waals surface area contributed by atoms with Gasteiger partial charge in [-0.25, -0.2) is 0 Å². The van der Waals surface area contributed by atoms with Gasteiger partial charge in [-0.2, -0.15) is 0 Å². The van der Waals surface area contributed by atoms with Gasteiger partial charge in [-0.05, 0) is 48.1 Å². The van der Waals surface area contributed by atoms with E-state index < -0.39 is 7.12 Å². The molecule has 5 heteroatoms. The second-order valence-electron chi connectivity index (χ2n) is 4.73. The number of halogens is 1. The molecule has 0 unspecified atom stereocenters. The Balaban J connectivity index is 2.17. The molecule has 0 fully saturated rings. The lowest BCUT2D eigenvalue weighted by Crippen LogP contribution is -2.33. The fourth-order valence-corrected chi connectivity index (χ4v) is 2.18. The third-order valence-electron chi connectivity index (χ3n) is 3.14. The van der Waals surface area contributed by atoms with Gasteiger partial charge in [0.1, 0.15) is 12.4 Å². The maximum Gasteiger partial charge on any atom is 0.488 e. The van der Waals surface area contributed by atoms with E-state index in [0.717, 1.165) is 21.7 Å². The van der Waals surface area contributed by atoms with Crippen molar-refractivity contribution in [1.82, 2.24) is 0 Å². The van der Waals surface area contributed by atoms with Crippen LogP contribution in [0.3, 0.4) is 0 Å². The summed E-state index contributed by atoms with van der Waals surface area (Å²) < 4.78 is 5.72. The molecule has 2 N–H and O–H groups in total. The highest BCUT2D eigenvalue weighted by Gasteiger charge is 2.15. The van der Waals surface area contributed by atoms with Crippen molar-refractivity contribution in [3.05, 3.63) is 58.1 Å². The minimum atomic E-state index is -1.50. The number of aryl methyl sites for hydroxylation is 2. The van der Waals surface area contributed by atoms with Crippen molar-refractivity contribution in [2.75, 3.05) is 0 Å². The second kappa shape index (κ2) is 6.31. The zero-order valence-electron chi connectivity index (χ0n) is 11.4. The highest BCUT2D eigenvalue weighted by Crippen LogP contribution is 2.26. The summed E-state index contributed by atoms with van der Waals surface area (Å²) in [6.45, 7) is 4.12. The first-order valence-corrected chi connectivity index (χ1v) is 6.70.